The average Bonchev–Trinajstić information content (AvgIpc) is 3.19. The van der Waals surface area contributed by atoms with Crippen LogP contribution in [0.2, 0.25) is 0 Å². The number of para-hydroxylation sites is 1. The van der Waals surface area contributed by atoms with Crippen molar-refractivity contribution < 1.29 is 13.5 Å². The molecule has 166 valence electrons. The molecule has 2 aromatic heterocycles. The number of rotatable bonds is 7. The lowest BCUT2D eigenvalue weighted by molar-refractivity contribution is 0.00935. The van der Waals surface area contributed by atoms with Gasteiger partial charge in [-0.1, -0.05) is 25.1 Å². The first-order chi connectivity index (χ1) is 15.2. The van der Waals surface area contributed by atoms with Crippen LogP contribution in [-0.2, 0) is 7.05 Å². The Morgan fingerprint density at radius 3 is 2.56 bits per heavy atom. The monoisotopic (exact) mass is 437 g/mol. The van der Waals surface area contributed by atoms with E-state index in [0.29, 0.717) is 29.3 Å². The number of hydrogen-bond donors (Lipinski definition) is 1. The Labute approximate surface area is 184 Å². The van der Waals surface area contributed by atoms with Crippen molar-refractivity contribution in [2.24, 2.45) is 7.05 Å². The molecule has 1 unspecified atom stereocenters. The zero-order valence-corrected chi connectivity index (χ0v) is 18.2. The van der Waals surface area contributed by atoms with Crippen LogP contribution in [0.3, 0.4) is 0 Å². The molecule has 5 nitrogen and oxygen atoms in total. The number of imidazole rings is 1. The predicted molar refractivity (Wildman–Crippen MR) is 122 cm³/mol. The molecule has 7 heteroatoms. The maximum Gasteiger partial charge on any atom is 0.250 e. The summed E-state index contributed by atoms with van der Waals surface area (Å²) in [6, 6.07) is 16.4. The van der Waals surface area contributed by atoms with Gasteiger partial charge in [-0.15, -0.1) is 0 Å². The Balaban J connectivity index is 1.81. The molecule has 2 aromatic carbocycles. The summed E-state index contributed by atoms with van der Waals surface area (Å²) in [5.41, 5.74) is 2.86. The molecule has 0 aliphatic carbocycles. The Hall–Kier alpha value is -3.48. The van der Waals surface area contributed by atoms with Crippen LogP contribution in [0.25, 0.3) is 22.2 Å². The summed E-state index contributed by atoms with van der Waals surface area (Å²) in [6.07, 6.45) is 1.86. The smallest absolute Gasteiger partial charge is 0.250 e. The van der Waals surface area contributed by atoms with E-state index in [1.54, 1.807) is 19.3 Å². The van der Waals surface area contributed by atoms with Crippen LogP contribution in [-0.4, -0.2) is 20.5 Å². The molecular formula is C25H25F2N3O2. The summed E-state index contributed by atoms with van der Waals surface area (Å²) < 4.78 is 34.4. The van der Waals surface area contributed by atoms with Crippen molar-refractivity contribution in [2.75, 3.05) is 0 Å². The number of hydrogen-bond acceptors (Lipinski definition) is 3. The summed E-state index contributed by atoms with van der Waals surface area (Å²) in [5, 5.41) is 0. The Morgan fingerprint density at radius 1 is 1.12 bits per heavy atom. The van der Waals surface area contributed by atoms with Gasteiger partial charge in [-0.3, -0.25) is 4.79 Å². The summed E-state index contributed by atoms with van der Waals surface area (Å²) in [6.45, 7) is 2.82. The SMILES string of the molecule is CC(CCC(C)(F)F)c1nc2c(Oc3ccccc3)c(-c3ccc(=O)n(C)c3)ccc2[nH]1. The average molecular weight is 437 g/mol. The second-order valence-electron chi connectivity index (χ2n) is 8.25. The summed E-state index contributed by atoms with van der Waals surface area (Å²) in [7, 11) is 1.69. The highest BCUT2D eigenvalue weighted by atomic mass is 19.3. The number of ether oxygens (including phenoxy) is 1. The van der Waals surface area contributed by atoms with Gasteiger partial charge in [-0.2, -0.15) is 0 Å². The van der Waals surface area contributed by atoms with Crippen molar-refractivity contribution in [1.82, 2.24) is 14.5 Å². The third kappa shape index (κ3) is 4.72. The van der Waals surface area contributed by atoms with E-state index < -0.39 is 5.92 Å². The molecule has 0 saturated carbocycles. The Bertz CT molecular complexity index is 1290. The van der Waals surface area contributed by atoms with E-state index in [-0.39, 0.29) is 17.9 Å². The van der Waals surface area contributed by atoms with E-state index in [1.165, 1.54) is 10.6 Å². The van der Waals surface area contributed by atoms with Gasteiger partial charge in [0.2, 0.25) is 11.5 Å². The topological polar surface area (TPSA) is 59.9 Å². The first kappa shape index (κ1) is 21.7. The van der Waals surface area contributed by atoms with Gasteiger partial charge in [-0.25, -0.2) is 13.8 Å². The minimum atomic E-state index is -2.71. The number of aromatic amines is 1. The molecular weight excluding hydrogens is 412 g/mol. The molecule has 4 rings (SSSR count). The van der Waals surface area contributed by atoms with Gasteiger partial charge in [0.1, 0.15) is 17.1 Å². The van der Waals surface area contributed by atoms with Crippen molar-refractivity contribution in [2.45, 2.75) is 38.5 Å². The van der Waals surface area contributed by atoms with E-state index in [4.69, 9.17) is 9.72 Å². The van der Waals surface area contributed by atoms with E-state index in [0.717, 1.165) is 23.6 Å². The molecule has 0 spiro atoms. The molecule has 1 atom stereocenters. The van der Waals surface area contributed by atoms with Crippen molar-refractivity contribution in [1.29, 1.82) is 0 Å². The number of pyridine rings is 1. The molecule has 0 amide bonds. The highest BCUT2D eigenvalue weighted by molar-refractivity contribution is 5.91. The molecule has 4 aromatic rings. The third-order valence-electron chi connectivity index (χ3n) is 5.47. The minimum Gasteiger partial charge on any atom is -0.454 e. The highest BCUT2D eigenvalue weighted by Gasteiger charge is 2.24. The number of aryl methyl sites for hydroxylation is 1. The van der Waals surface area contributed by atoms with Crippen LogP contribution in [0.5, 0.6) is 11.5 Å². The quantitative estimate of drug-likeness (QED) is 0.371. The lowest BCUT2D eigenvalue weighted by Crippen LogP contribution is -2.14. The fraction of sp³-hybridized carbons (Fsp3) is 0.280. The largest absolute Gasteiger partial charge is 0.454 e. The Morgan fingerprint density at radius 2 is 1.88 bits per heavy atom. The number of nitrogens with zero attached hydrogens (tertiary/aromatic N) is 2. The van der Waals surface area contributed by atoms with Crippen molar-refractivity contribution in [3.05, 3.63) is 77.0 Å². The van der Waals surface area contributed by atoms with Gasteiger partial charge < -0.3 is 14.3 Å². The molecule has 2 heterocycles. The van der Waals surface area contributed by atoms with Crippen molar-refractivity contribution in [3.63, 3.8) is 0 Å². The van der Waals surface area contributed by atoms with E-state index in [2.05, 4.69) is 4.98 Å². The van der Waals surface area contributed by atoms with Gasteiger partial charge in [0, 0.05) is 42.8 Å². The predicted octanol–water partition coefficient (Wildman–Crippen LogP) is 6.26. The number of aromatic nitrogens is 3. The van der Waals surface area contributed by atoms with Crippen molar-refractivity contribution in [3.8, 4) is 22.6 Å². The van der Waals surface area contributed by atoms with Crippen molar-refractivity contribution >= 4 is 11.0 Å². The van der Waals surface area contributed by atoms with Crippen LogP contribution in [0.4, 0.5) is 8.78 Å². The fourth-order valence-corrected chi connectivity index (χ4v) is 3.60. The maximum atomic E-state index is 13.3. The zero-order chi connectivity index (χ0) is 22.9. The van der Waals surface area contributed by atoms with E-state index >= 15 is 0 Å². The molecule has 0 saturated heterocycles. The number of nitrogens with one attached hydrogen (secondary N) is 1. The second-order valence-corrected chi connectivity index (χ2v) is 8.25. The van der Waals surface area contributed by atoms with Gasteiger partial charge in [0.05, 0.1) is 5.52 Å². The molecule has 0 aliphatic rings. The molecule has 32 heavy (non-hydrogen) atoms. The van der Waals surface area contributed by atoms with Crippen LogP contribution in [0, 0.1) is 0 Å². The lowest BCUT2D eigenvalue weighted by atomic mass is 10.0. The Kier molecular flexibility index (Phi) is 5.82. The van der Waals surface area contributed by atoms with Crippen LogP contribution in [0.1, 0.15) is 38.4 Å². The van der Waals surface area contributed by atoms with Gasteiger partial charge in [0.25, 0.3) is 0 Å². The lowest BCUT2D eigenvalue weighted by Gasteiger charge is -2.13. The number of alkyl halides is 2. The standard InChI is InChI=1S/C25H25F2N3O2/c1-16(13-14-25(2,26)27)24-28-20-11-10-19(17-9-12-21(31)30(3)15-17)23(22(20)29-24)32-18-7-5-4-6-8-18/h4-12,15-16H,13-14H2,1-3H3,(H,28,29). The second kappa shape index (κ2) is 8.57. The van der Waals surface area contributed by atoms with Gasteiger partial charge in [0.15, 0.2) is 5.75 Å². The fourth-order valence-electron chi connectivity index (χ4n) is 3.60. The summed E-state index contributed by atoms with van der Waals surface area (Å²) in [4.78, 5) is 19.9. The first-order valence-corrected chi connectivity index (χ1v) is 10.5. The van der Waals surface area contributed by atoms with E-state index in [1.807, 2.05) is 49.4 Å². The normalized spacial score (nSPS) is 12.8. The molecule has 0 fully saturated rings. The highest BCUT2D eigenvalue weighted by Crippen LogP contribution is 2.39. The minimum absolute atomic E-state index is 0.107. The first-order valence-electron chi connectivity index (χ1n) is 10.5. The number of halogens is 2. The number of benzene rings is 2. The zero-order valence-electron chi connectivity index (χ0n) is 18.2. The molecule has 0 aliphatic heterocycles. The van der Waals surface area contributed by atoms with E-state index in [9.17, 15) is 13.6 Å². The molecule has 0 radical (unpaired) electrons. The number of fused-ring (bicyclic) bond motifs is 1. The third-order valence-corrected chi connectivity index (χ3v) is 5.47. The van der Waals surface area contributed by atoms with Crippen LogP contribution < -0.4 is 10.3 Å². The molecule has 0 bridgehead atoms. The summed E-state index contributed by atoms with van der Waals surface area (Å²) >= 11 is 0. The van der Waals surface area contributed by atoms with Crippen LogP contribution in [0.15, 0.2) is 65.6 Å². The number of H-pyrrole nitrogens is 1. The van der Waals surface area contributed by atoms with Gasteiger partial charge >= 0.3 is 0 Å². The van der Waals surface area contributed by atoms with Crippen LogP contribution >= 0.6 is 0 Å². The summed E-state index contributed by atoms with van der Waals surface area (Å²) in [5.74, 6) is -1.05. The van der Waals surface area contributed by atoms with Gasteiger partial charge in [-0.05, 0) is 43.7 Å². The molecule has 1 N–H and O–H groups in total. The maximum absolute atomic E-state index is 13.3.